The Morgan fingerprint density at radius 2 is 1.77 bits per heavy atom. The monoisotopic (exact) mass is 517 g/mol. The zero-order chi connectivity index (χ0) is 18.9. The van der Waals surface area contributed by atoms with Crippen LogP contribution in [0.1, 0.15) is 28.8 Å². The van der Waals surface area contributed by atoms with Crippen LogP contribution in [0.5, 0.6) is 0 Å². The van der Waals surface area contributed by atoms with Gasteiger partial charge in [-0.05, 0) is 77.4 Å². The van der Waals surface area contributed by atoms with E-state index < -0.39 is 8.07 Å². The summed E-state index contributed by atoms with van der Waals surface area (Å²) in [5.74, 6) is 0.169. The van der Waals surface area contributed by atoms with Crippen LogP contribution in [0, 0.1) is 3.57 Å². The molecule has 0 saturated heterocycles. The summed E-state index contributed by atoms with van der Waals surface area (Å²) in [6.07, 6.45) is 3.08. The first kappa shape index (κ1) is 20.2. The van der Waals surface area contributed by atoms with Gasteiger partial charge in [-0.1, -0.05) is 48.4 Å². The van der Waals surface area contributed by atoms with E-state index in [1.165, 1.54) is 0 Å². The van der Waals surface area contributed by atoms with Gasteiger partial charge in [-0.25, -0.2) is 0 Å². The van der Waals surface area contributed by atoms with E-state index in [2.05, 4.69) is 40.6 Å². The lowest BCUT2D eigenvalue weighted by Crippen LogP contribution is -2.48. The molecule has 0 atom stereocenters. The number of hydrogen-bond acceptors (Lipinski definition) is 1. The van der Waals surface area contributed by atoms with Crippen LogP contribution in [-0.2, 0) is 6.04 Å². The molecular formula is C20H22Cl2INOSi. The summed E-state index contributed by atoms with van der Waals surface area (Å²) in [6.45, 7) is 4.67. The van der Waals surface area contributed by atoms with E-state index >= 15 is 0 Å². The predicted molar refractivity (Wildman–Crippen MR) is 121 cm³/mol. The average molecular weight is 518 g/mol. The van der Waals surface area contributed by atoms with Crippen LogP contribution in [0.3, 0.4) is 0 Å². The summed E-state index contributed by atoms with van der Waals surface area (Å²) in [5, 5.41) is 1.34. The van der Waals surface area contributed by atoms with Crippen LogP contribution < -0.4 is 0 Å². The molecule has 0 bridgehead atoms. The van der Waals surface area contributed by atoms with Crippen molar-refractivity contribution >= 4 is 59.8 Å². The fraction of sp³-hybridized carbons (Fsp3) is 0.350. The van der Waals surface area contributed by atoms with Gasteiger partial charge in [0.05, 0.1) is 13.6 Å². The normalized spacial score (nSPS) is 14.3. The summed E-state index contributed by atoms with van der Waals surface area (Å²) in [5.41, 5.74) is 1.98. The van der Waals surface area contributed by atoms with E-state index in [-0.39, 0.29) is 5.91 Å². The molecule has 6 heteroatoms. The Balaban J connectivity index is 1.78. The largest absolute Gasteiger partial charge is 0.339 e. The summed E-state index contributed by atoms with van der Waals surface area (Å²) < 4.78 is 1.02. The van der Waals surface area contributed by atoms with E-state index in [1.54, 1.807) is 6.07 Å². The molecule has 26 heavy (non-hydrogen) atoms. The molecule has 0 spiro atoms. The van der Waals surface area contributed by atoms with Crippen molar-refractivity contribution in [2.75, 3.05) is 6.17 Å². The molecule has 2 aromatic rings. The lowest BCUT2D eigenvalue weighted by Gasteiger charge is -2.32. The smallest absolute Gasteiger partial charge is 0.254 e. The molecule has 1 aliphatic rings. The third-order valence-electron chi connectivity index (χ3n) is 4.56. The highest BCUT2D eigenvalue weighted by atomic mass is 127. The fourth-order valence-corrected chi connectivity index (χ4v) is 7.26. The number of rotatable bonds is 6. The lowest BCUT2D eigenvalue weighted by atomic mass is 10.2. The minimum atomic E-state index is -1.70. The van der Waals surface area contributed by atoms with E-state index in [0.29, 0.717) is 16.1 Å². The van der Waals surface area contributed by atoms with Crippen molar-refractivity contribution in [3.8, 4) is 0 Å². The second-order valence-corrected chi connectivity index (χ2v) is 14.8. The minimum Gasteiger partial charge on any atom is -0.339 e. The van der Waals surface area contributed by atoms with Crippen molar-refractivity contribution in [3.05, 3.63) is 67.2 Å². The van der Waals surface area contributed by atoms with Crippen molar-refractivity contribution < 1.29 is 4.79 Å². The molecule has 1 aliphatic carbocycles. The van der Waals surface area contributed by atoms with Gasteiger partial charge >= 0.3 is 0 Å². The molecule has 0 N–H and O–H groups in total. The number of amides is 1. The highest BCUT2D eigenvalue weighted by Crippen LogP contribution is 2.31. The standard InChI is InChI=1S/C20H22Cl2INOSi/c1-26(2,12-14-9-15(21)11-16(22)10-14)13-24(17-7-8-17)20(25)18-5-3-4-6-19(18)23/h3-6,9-11,17H,7-8,12-13H2,1-2H3. The average Bonchev–Trinajstić information content (AvgIpc) is 3.36. The molecular weight excluding hydrogens is 496 g/mol. The number of nitrogens with zero attached hydrogens (tertiary/aromatic N) is 1. The van der Waals surface area contributed by atoms with E-state index in [9.17, 15) is 4.79 Å². The van der Waals surface area contributed by atoms with E-state index in [1.807, 2.05) is 36.4 Å². The van der Waals surface area contributed by atoms with Crippen LogP contribution in [0.4, 0.5) is 0 Å². The molecule has 2 aromatic carbocycles. The SMILES string of the molecule is C[Si](C)(Cc1cc(Cl)cc(Cl)c1)CN(C(=O)c1ccccc1I)C1CC1. The zero-order valence-corrected chi connectivity index (χ0v) is 19.6. The van der Waals surface area contributed by atoms with Crippen molar-refractivity contribution in [3.63, 3.8) is 0 Å². The second-order valence-electron chi connectivity index (χ2n) is 7.76. The molecule has 1 fully saturated rings. The van der Waals surface area contributed by atoms with Gasteiger partial charge in [0.1, 0.15) is 0 Å². The first-order valence-electron chi connectivity index (χ1n) is 8.76. The Kier molecular flexibility index (Phi) is 6.37. The third-order valence-corrected chi connectivity index (χ3v) is 8.50. The molecule has 0 aromatic heterocycles. The first-order chi connectivity index (χ1) is 12.2. The van der Waals surface area contributed by atoms with E-state index in [4.69, 9.17) is 23.2 Å². The van der Waals surface area contributed by atoms with Crippen molar-refractivity contribution in [2.24, 2.45) is 0 Å². The topological polar surface area (TPSA) is 20.3 Å². The lowest BCUT2D eigenvalue weighted by molar-refractivity contribution is 0.0768. The van der Waals surface area contributed by atoms with Gasteiger partial charge in [0.2, 0.25) is 0 Å². The van der Waals surface area contributed by atoms with Gasteiger partial charge in [0.15, 0.2) is 0 Å². The Bertz CT molecular complexity index is 803. The van der Waals surface area contributed by atoms with Crippen LogP contribution in [0.2, 0.25) is 23.1 Å². The molecule has 1 saturated carbocycles. The molecule has 0 radical (unpaired) electrons. The number of carbonyl (C=O) groups is 1. The Hall–Kier alpha value is -0.563. The maximum absolute atomic E-state index is 13.2. The van der Waals surface area contributed by atoms with Crippen molar-refractivity contribution in [1.82, 2.24) is 4.90 Å². The number of benzene rings is 2. The van der Waals surface area contributed by atoms with E-state index in [0.717, 1.165) is 39.8 Å². The van der Waals surface area contributed by atoms with Gasteiger partial charge in [-0.3, -0.25) is 4.79 Å². The summed E-state index contributed by atoms with van der Waals surface area (Å²) in [7, 11) is -1.70. The van der Waals surface area contributed by atoms with Crippen LogP contribution >= 0.6 is 45.8 Å². The first-order valence-corrected chi connectivity index (χ1v) is 14.0. The number of hydrogen-bond donors (Lipinski definition) is 0. The second kappa shape index (κ2) is 8.21. The highest BCUT2D eigenvalue weighted by Gasteiger charge is 2.37. The quantitative estimate of drug-likeness (QED) is 0.328. The maximum atomic E-state index is 13.2. The molecule has 0 aliphatic heterocycles. The summed E-state index contributed by atoms with van der Waals surface area (Å²) >= 11 is 14.6. The fourth-order valence-electron chi connectivity index (χ4n) is 3.32. The molecule has 2 nitrogen and oxygen atoms in total. The zero-order valence-electron chi connectivity index (χ0n) is 14.9. The molecule has 1 amide bonds. The Morgan fingerprint density at radius 3 is 2.35 bits per heavy atom. The molecule has 0 unspecified atom stereocenters. The highest BCUT2D eigenvalue weighted by molar-refractivity contribution is 14.1. The van der Waals surface area contributed by atoms with Gasteiger partial charge in [0.25, 0.3) is 5.91 Å². The van der Waals surface area contributed by atoms with Crippen LogP contribution in [-0.4, -0.2) is 31.1 Å². The molecule has 3 rings (SSSR count). The van der Waals surface area contributed by atoms with Gasteiger partial charge in [0, 0.05) is 25.8 Å². The maximum Gasteiger partial charge on any atom is 0.254 e. The number of carbonyl (C=O) groups excluding carboxylic acids is 1. The van der Waals surface area contributed by atoms with Gasteiger partial charge in [-0.2, -0.15) is 0 Å². The molecule has 0 heterocycles. The van der Waals surface area contributed by atoms with Crippen molar-refractivity contribution in [1.29, 1.82) is 0 Å². The van der Waals surface area contributed by atoms with Crippen LogP contribution in [0.25, 0.3) is 0 Å². The third kappa shape index (κ3) is 5.24. The van der Waals surface area contributed by atoms with Gasteiger partial charge < -0.3 is 4.90 Å². The summed E-state index contributed by atoms with van der Waals surface area (Å²) in [6, 6.07) is 14.9. The van der Waals surface area contributed by atoms with Gasteiger partial charge in [-0.15, -0.1) is 0 Å². The van der Waals surface area contributed by atoms with Crippen molar-refractivity contribution in [2.45, 2.75) is 38.0 Å². The summed E-state index contributed by atoms with van der Waals surface area (Å²) in [4.78, 5) is 15.3. The Morgan fingerprint density at radius 1 is 1.15 bits per heavy atom. The number of halogens is 3. The van der Waals surface area contributed by atoms with Crippen LogP contribution in [0.15, 0.2) is 42.5 Å². The molecule has 138 valence electrons. The minimum absolute atomic E-state index is 0.169. The predicted octanol–water partition coefficient (Wildman–Crippen LogP) is 6.23. The Labute approximate surface area is 180 Å².